The first-order valence-corrected chi connectivity index (χ1v) is 8.85. The van der Waals surface area contributed by atoms with Crippen molar-refractivity contribution in [3.05, 3.63) is 36.0 Å². The molecule has 3 heterocycles. The van der Waals surface area contributed by atoms with Gasteiger partial charge in [0.1, 0.15) is 5.82 Å². The zero-order valence-corrected chi connectivity index (χ0v) is 14.0. The van der Waals surface area contributed by atoms with Crippen LogP contribution in [-0.4, -0.2) is 43.1 Å². The first-order valence-electron chi connectivity index (χ1n) is 7.87. The lowest BCUT2D eigenvalue weighted by molar-refractivity contribution is 0.0912. The smallest absolute Gasteiger partial charge is 0.237 e. The summed E-state index contributed by atoms with van der Waals surface area (Å²) >= 11 is 1.42. The molecule has 1 atom stereocenters. The van der Waals surface area contributed by atoms with Gasteiger partial charge < -0.3 is 9.26 Å². The van der Waals surface area contributed by atoms with E-state index in [1.54, 1.807) is 16.8 Å². The zero-order chi connectivity index (χ0) is 17.1. The number of tetrazole rings is 1. The van der Waals surface area contributed by atoms with Crippen LogP contribution in [0.3, 0.4) is 0 Å². The molecule has 0 amide bonds. The van der Waals surface area contributed by atoms with Gasteiger partial charge in [-0.05, 0) is 47.5 Å². The van der Waals surface area contributed by atoms with E-state index in [1.165, 1.54) is 23.9 Å². The Morgan fingerprint density at radius 2 is 2.16 bits per heavy atom. The second-order valence-corrected chi connectivity index (χ2v) is 6.53. The molecule has 25 heavy (non-hydrogen) atoms. The minimum Gasteiger partial charge on any atom is -0.376 e. The van der Waals surface area contributed by atoms with Crippen LogP contribution < -0.4 is 0 Å². The maximum atomic E-state index is 13.0. The Hall–Kier alpha value is -2.33. The van der Waals surface area contributed by atoms with Crippen molar-refractivity contribution in [2.75, 3.05) is 6.61 Å². The largest absolute Gasteiger partial charge is 0.376 e. The summed E-state index contributed by atoms with van der Waals surface area (Å²) in [6.45, 7) is 1.43. The molecule has 3 aromatic rings. The molecule has 0 radical (unpaired) electrons. The molecule has 0 aliphatic carbocycles. The van der Waals surface area contributed by atoms with Gasteiger partial charge in [-0.15, -0.1) is 5.10 Å². The fourth-order valence-corrected chi connectivity index (χ4v) is 3.28. The van der Waals surface area contributed by atoms with Gasteiger partial charge in [0.05, 0.1) is 18.4 Å². The van der Waals surface area contributed by atoms with Crippen molar-refractivity contribution in [2.45, 2.75) is 36.4 Å². The van der Waals surface area contributed by atoms with E-state index in [0.717, 1.165) is 19.4 Å². The van der Waals surface area contributed by atoms with E-state index < -0.39 is 0 Å². The van der Waals surface area contributed by atoms with Gasteiger partial charge in [-0.3, -0.25) is 0 Å². The molecular weight excluding hydrogens is 347 g/mol. The molecule has 0 N–H and O–H groups in total. The third-order valence-corrected chi connectivity index (χ3v) is 4.74. The predicted molar refractivity (Wildman–Crippen MR) is 86.0 cm³/mol. The van der Waals surface area contributed by atoms with Crippen molar-refractivity contribution in [1.82, 2.24) is 30.3 Å². The van der Waals surface area contributed by atoms with Crippen molar-refractivity contribution >= 4 is 11.8 Å². The minimum absolute atomic E-state index is 0.163. The van der Waals surface area contributed by atoms with E-state index in [4.69, 9.17) is 9.26 Å². The number of hydrogen-bond donors (Lipinski definition) is 0. The highest BCUT2D eigenvalue weighted by Gasteiger charge is 2.19. The zero-order valence-electron chi connectivity index (χ0n) is 13.2. The van der Waals surface area contributed by atoms with Crippen LogP contribution >= 0.6 is 11.8 Å². The number of hydrogen-bond acceptors (Lipinski definition) is 8. The van der Waals surface area contributed by atoms with Gasteiger partial charge in [-0.1, -0.05) is 16.9 Å². The fourth-order valence-electron chi connectivity index (χ4n) is 2.55. The van der Waals surface area contributed by atoms with Gasteiger partial charge >= 0.3 is 0 Å². The molecule has 1 unspecified atom stereocenters. The lowest BCUT2D eigenvalue weighted by Gasteiger charge is -2.09. The number of rotatable bonds is 6. The Morgan fingerprint density at radius 1 is 1.28 bits per heavy atom. The van der Waals surface area contributed by atoms with Gasteiger partial charge in [-0.25, -0.2) is 9.07 Å². The van der Waals surface area contributed by atoms with Crippen LogP contribution in [-0.2, 0) is 17.0 Å². The molecular formula is C15H15FN6O2S. The SMILES string of the molecule is Fc1ccc(-c2noc(CSc3nnnn3CC3CCCO3)n2)cc1. The first-order chi connectivity index (χ1) is 12.3. The van der Waals surface area contributed by atoms with Crippen LogP contribution in [0.5, 0.6) is 0 Å². The Labute approximate surface area is 146 Å². The van der Waals surface area contributed by atoms with Crippen LogP contribution in [0, 0.1) is 5.82 Å². The van der Waals surface area contributed by atoms with Crippen LogP contribution in [0.2, 0.25) is 0 Å². The third-order valence-electron chi connectivity index (χ3n) is 3.79. The molecule has 0 bridgehead atoms. The highest BCUT2D eigenvalue weighted by molar-refractivity contribution is 7.98. The predicted octanol–water partition coefficient (Wildman–Crippen LogP) is 2.33. The van der Waals surface area contributed by atoms with E-state index in [2.05, 4.69) is 25.7 Å². The molecule has 1 saturated heterocycles. The number of ether oxygens (including phenoxy) is 1. The lowest BCUT2D eigenvalue weighted by atomic mass is 10.2. The van der Waals surface area contributed by atoms with E-state index in [1.807, 2.05) is 0 Å². The summed E-state index contributed by atoms with van der Waals surface area (Å²) in [5.74, 6) is 1.02. The Balaban J connectivity index is 1.39. The summed E-state index contributed by atoms with van der Waals surface area (Å²) < 4.78 is 25.6. The molecule has 10 heteroatoms. The van der Waals surface area contributed by atoms with Crippen molar-refractivity contribution in [3.63, 3.8) is 0 Å². The summed E-state index contributed by atoms with van der Waals surface area (Å²) in [5.41, 5.74) is 0.699. The van der Waals surface area contributed by atoms with Gasteiger partial charge in [-0.2, -0.15) is 4.98 Å². The maximum Gasteiger partial charge on any atom is 0.237 e. The van der Waals surface area contributed by atoms with E-state index >= 15 is 0 Å². The number of aromatic nitrogens is 6. The molecule has 130 valence electrons. The molecule has 0 saturated carbocycles. The molecule has 1 fully saturated rings. The number of thioether (sulfide) groups is 1. The topological polar surface area (TPSA) is 91.8 Å². The van der Waals surface area contributed by atoms with Crippen molar-refractivity contribution in [2.24, 2.45) is 0 Å². The highest BCUT2D eigenvalue weighted by atomic mass is 32.2. The number of halogens is 1. The Bertz CT molecular complexity index is 831. The molecule has 2 aromatic heterocycles. The summed E-state index contributed by atoms with van der Waals surface area (Å²) in [5, 5.41) is 16.4. The molecule has 1 aromatic carbocycles. The van der Waals surface area contributed by atoms with Gasteiger partial charge in [0, 0.05) is 12.2 Å². The monoisotopic (exact) mass is 362 g/mol. The average molecular weight is 362 g/mol. The van der Waals surface area contributed by atoms with Crippen LogP contribution in [0.1, 0.15) is 18.7 Å². The van der Waals surface area contributed by atoms with Crippen molar-refractivity contribution in [3.8, 4) is 11.4 Å². The highest BCUT2D eigenvalue weighted by Crippen LogP contribution is 2.23. The standard InChI is InChI=1S/C15H15FN6O2S/c16-11-5-3-10(4-6-11)14-17-13(24-19-14)9-25-15-18-20-21-22(15)8-12-2-1-7-23-12/h3-6,12H,1-2,7-9H2. The number of nitrogens with zero attached hydrogens (tertiary/aromatic N) is 6. The first kappa shape index (κ1) is 16.2. The van der Waals surface area contributed by atoms with Gasteiger partial charge in [0.2, 0.25) is 16.9 Å². The normalized spacial score (nSPS) is 17.2. The van der Waals surface area contributed by atoms with Crippen molar-refractivity contribution < 1.29 is 13.7 Å². The second-order valence-electron chi connectivity index (χ2n) is 5.59. The van der Waals surface area contributed by atoms with Crippen LogP contribution in [0.25, 0.3) is 11.4 Å². The average Bonchev–Trinajstić information content (AvgIpc) is 3.36. The summed E-state index contributed by atoms with van der Waals surface area (Å²) in [7, 11) is 0. The van der Waals surface area contributed by atoms with Gasteiger partial charge in [0.25, 0.3) is 0 Å². The molecule has 4 rings (SSSR count). The third kappa shape index (κ3) is 3.85. The molecule has 8 nitrogen and oxygen atoms in total. The maximum absolute atomic E-state index is 13.0. The minimum atomic E-state index is -0.305. The van der Waals surface area contributed by atoms with E-state index in [9.17, 15) is 4.39 Å². The van der Waals surface area contributed by atoms with Crippen LogP contribution in [0.4, 0.5) is 4.39 Å². The lowest BCUT2D eigenvalue weighted by Crippen LogP contribution is -2.16. The Morgan fingerprint density at radius 3 is 2.96 bits per heavy atom. The van der Waals surface area contributed by atoms with E-state index in [-0.39, 0.29) is 11.9 Å². The van der Waals surface area contributed by atoms with Gasteiger partial charge in [0.15, 0.2) is 0 Å². The summed E-state index contributed by atoms with van der Waals surface area (Å²) in [6.07, 6.45) is 2.26. The summed E-state index contributed by atoms with van der Waals surface area (Å²) in [6, 6.07) is 5.94. The molecule has 1 aliphatic heterocycles. The van der Waals surface area contributed by atoms with E-state index in [0.29, 0.717) is 34.7 Å². The molecule has 1 aliphatic rings. The Kier molecular flexibility index (Phi) is 4.70. The second kappa shape index (κ2) is 7.28. The quantitative estimate of drug-likeness (QED) is 0.617. The fraction of sp³-hybridized carbons (Fsp3) is 0.400. The molecule has 0 spiro atoms. The number of benzene rings is 1. The van der Waals surface area contributed by atoms with Crippen molar-refractivity contribution in [1.29, 1.82) is 0 Å². The van der Waals surface area contributed by atoms with Crippen LogP contribution in [0.15, 0.2) is 33.9 Å². The summed E-state index contributed by atoms with van der Waals surface area (Å²) in [4.78, 5) is 4.32.